The van der Waals surface area contributed by atoms with E-state index in [1.165, 1.54) is 0 Å². The first-order chi connectivity index (χ1) is 9.23. The largest absolute Gasteiger partial charge is 0.459 e. The van der Waals surface area contributed by atoms with E-state index in [1.807, 2.05) is 0 Å². The summed E-state index contributed by atoms with van der Waals surface area (Å²) in [5.74, 6) is 0. The number of alkyl halides is 10. The first kappa shape index (κ1) is 18.7. The molecule has 1 aliphatic rings. The number of hydrogen-bond acceptors (Lipinski definition) is 1. The lowest BCUT2D eigenvalue weighted by molar-refractivity contribution is -0.264. The zero-order chi connectivity index (χ0) is 16.7. The molecule has 1 nitrogen and oxygen atoms in total. The van der Waals surface area contributed by atoms with Crippen LogP contribution in [-0.4, -0.2) is 41.4 Å². The molecule has 0 N–H and O–H groups in total. The molecule has 0 radical (unpaired) electrons. The van der Waals surface area contributed by atoms with Crippen LogP contribution in [0.3, 0.4) is 0 Å². The molecule has 0 aromatic heterocycles. The summed E-state index contributed by atoms with van der Waals surface area (Å²) in [6.07, 6.45) is -12.6. The molecule has 0 atom stereocenters. The molecule has 1 rings (SSSR count). The predicted molar refractivity (Wildman–Crippen MR) is 54.3 cm³/mol. The van der Waals surface area contributed by atoms with Gasteiger partial charge in [0.25, 0.3) is 0 Å². The van der Waals surface area contributed by atoms with E-state index in [2.05, 4.69) is 0 Å². The van der Waals surface area contributed by atoms with E-state index in [1.54, 1.807) is 0 Å². The first-order valence-corrected chi connectivity index (χ1v) is 6.96. The van der Waals surface area contributed by atoms with Crippen LogP contribution < -0.4 is 0 Å². The minimum atomic E-state index is -6.48. The van der Waals surface area contributed by atoms with Gasteiger partial charge in [0.1, 0.15) is 8.07 Å². The van der Waals surface area contributed by atoms with Crippen molar-refractivity contribution in [1.29, 1.82) is 0 Å². The maximum absolute atomic E-state index is 13.3. The molecule has 0 amide bonds. The number of rotatable bonds is 3. The second-order valence-corrected chi connectivity index (χ2v) is 6.72. The van der Waals surface area contributed by atoms with Gasteiger partial charge in [0.2, 0.25) is 0 Å². The lowest BCUT2D eigenvalue weighted by Gasteiger charge is -2.42. The van der Waals surface area contributed by atoms with Gasteiger partial charge in [0.15, 0.2) is 0 Å². The van der Waals surface area contributed by atoms with Crippen LogP contribution in [0.5, 0.6) is 0 Å². The van der Waals surface area contributed by atoms with E-state index in [-0.39, 0.29) is 17.5 Å². The van der Waals surface area contributed by atoms with Gasteiger partial charge >= 0.3 is 23.7 Å². The quantitative estimate of drug-likeness (QED) is 0.499. The lowest BCUT2D eigenvalue weighted by Crippen LogP contribution is -2.50. The molecule has 12 heteroatoms. The molecule has 1 saturated heterocycles. The standard InChI is InChI=1S/C9H10F10NP/c10-6(11,12)8(16,17)21(9(18,19)7(13,14)15)20-4-2-1-3-5-20/h1-5H2. The summed E-state index contributed by atoms with van der Waals surface area (Å²) in [4.78, 5) is 0. The van der Waals surface area contributed by atoms with Crippen LogP contribution in [0.4, 0.5) is 43.9 Å². The fourth-order valence-electron chi connectivity index (χ4n) is 1.85. The van der Waals surface area contributed by atoms with Gasteiger partial charge in [0.05, 0.1) is 0 Å². The maximum atomic E-state index is 13.3. The van der Waals surface area contributed by atoms with Crippen LogP contribution in [0.1, 0.15) is 19.3 Å². The van der Waals surface area contributed by atoms with E-state index >= 15 is 0 Å². The summed E-state index contributed by atoms with van der Waals surface area (Å²) in [7, 11) is -5.12. The molecule has 0 unspecified atom stereocenters. The van der Waals surface area contributed by atoms with Crippen molar-refractivity contribution in [1.82, 2.24) is 4.67 Å². The second kappa shape index (κ2) is 5.72. The Labute approximate surface area is 114 Å². The monoisotopic (exact) mass is 353 g/mol. The van der Waals surface area contributed by atoms with Gasteiger partial charge in [-0.25, -0.2) is 0 Å². The molecule has 1 fully saturated rings. The Morgan fingerprint density at radius 2 is 0.905 bits per heavy atom. The molecular weight excluding hydrogens is 343 g/mol. The van der Waals surface area contributed by atoms with E-state index in [9.17, 15) is 43.9 Å². The highest BCUT2D eigenvalue weighted by Gasteiger charge is 2.77. The second-order valence-electron chi connectivity index (χ2n) is 4.40. The first-order valence-electron chi connectivity index (χ1n) is 5.67. The highest BCUT2D eigenvalue weighted by molar-refractivity contribution is 7.57. The molecule has 1 heterocycles. The van der Waals surface area contributed by atoms with Gasteiger partial charge < -0.3 is 0 Å². The van der Waals surface area contributed by atoms with Gasteiger partial charge in [-0.2, -0.15) is 43.9 Å². The van der Waals surface area contributed by atoms with Crippen molar-refractivity contribution in [2.75, 3.05) is 13.1 Å². The van der Waals surface area contributed by atoms with Crippen molar-refractivity contribution in [2.45, 2.75) is 42.9 Å². The third-order valence-corrected chi connectivity index (χ3v) is 5.37. The molecule has 0 aromatic carbocycles. The summed E-state index contributed by atoms with van der Waals surface area (Å²) in [6.45, 7) is -1.30. The molecule has 1 aliphatic heterocycles. The average Bonchev–Trinajstić information content (AvgIpc) is 2.26. The number of halogens is 10. The average molecular weight is 353 g/mol. The summed E-state index contributed by atoms with van der Waals surface area (Å²) < 4.78 is 127. The van der Waals surface area contributed by atoms with Crippen molar-refractivity contribution in [3.8, 4) is 0 Å². The van der Waals surface area contributed by atoms with Crippen LogP contribution in [-0.2, 0) is 0 Å². The molecule has 21 heavy (non-hydrogen) atoms. The van der Waals surface area contributed by atoms with Gasteiger partial charge in [-0.05, 0) is 12.8 Å². The molecule has 0 saturated carbocycles. The third-order valence-electron chi connectivity index (χ3n) is 2.83. The van der Waals surface area contributed by atoms with Gasteiger partial charge in [-0.15, -0.1) is 0 Å². The zero-order valence-electron chi connectivity index (χ0n) is 10.2. The fourth-order valence-corrected chi connectivity index (χ4v) is 4.08. The minimum absolute atomic E-state index is 0.0132. The molecule has 0 bridgehead atoms. The van der Waals surface area contributed by atoms with E-state index in [0.29, 0.717) is 6.42 Å². The smallest absolute Gasteiger partial charge is 0.272 e. The minimum Gasteiger partial charge on any atom is -0.272 e. The molecule has 126 valence electrons. The Bertz CT molecular complexity index is 331. The van der Waals surface area contributed by atoms with E-state index < -0.39 is 44.8 Å². The Hall–Kier alpha value is -0.310. The van der Waals surface area contributed by atoms with E-state index in [0.717, 1.165) is 0 Å². The Balaban J connectivity index is 3.30. The van der Waals surface area contributed by atoms with Crippen molar-refractivity contribution in [2.24, 2.45) is 0 Å². The van der Waals surface area contributed by atoms with Crippen LogP contribution in [0, 0.1) is 0 Å². The Morgan fingerprint density at radius 1 is 0.571 bits per heavy atom. The van der Waals surface area contributed by atoms with Crippen LogP contribution in [0.15, 0.2) is 0 Å². The van der Waals surface area contributed by atoms with Crippen LogP contribution in [0.25, 0.3) is 0 Å². The SMILES string of the molecule is FC(F)(F)C(F)(F)P(N1CCCCC1)C(F)(F)C(F)(F)F. The van der Waals surface area contributed by atoms with Crippen molar-refractivity contribution >= 4 is 8.07 Å². The highest BCUT2D eigenvalue weighted by Crippen LogP contribution is 2.73. The molecule has 0 aromatic rings. The summed E-state index contributed by atoms with van der Waals surface area (Å²) in [6, 6.07) is 0. The topological polar surface area (TPSA) is 3.24 Å². The number of piperidine rings is 1. The Morgan fingerprint density at radius 3 is 1.19 bits per heavy atom. The Kier molecular flexibility index (Phi) is 5.10. The van der Waals surface area contributed by atoms with Crippen LogP contribution in [0.2, 0.25) is 0 Å². The molecular formula is C9H10F10NP. The normalized spacial score (nSPS) is 20.1. The molecule has 0 spiro atoms. The van der Waals surface area contributed by atoms with Crippen LogP contribution >= 0.6 is 8.07 Å². The van der Waals surface area contributed by atoms with Gasteiger partial charge in [-0.1, -0.05) is 6.42 Å². The zero-order valence-corrected chi connectivity index (χ0v) is 11.1. The number of nitrogens with zero attached hydrogens (tertiary/aromatic N) is 1. The van der Waals surface area contributed by atoms with Gasteiger partial charge in [0, 0.05) is 13.1 Å². The number of hydrogen-bond donors (Lipinski definition) is 0. The fraction of sp³-hybridized carbons (Fsp3) is 1.00. The lowest BCUT2D eigenvalue weighted by atomic mass is 10.2. The van der Waals surface area contributed by atoms with Crippen molar-refractivity contribution < 1.29 is 43.9 Å². The summed E-state index contributed by atoms with van der Waals surface area (Å²) in [5.41, 5.74) is -12.3. The van der Waals surface area contributed by atoms with Crippen molar-refractivity contribution in [3.63, 3.8) is 0 Å². The van der Waals surface area contributed by atoms with Gasteiger partial charge in [-0.3, -0.25) is 4.67 Å². The molecule has 0 aliphatic carbocycles. The highest BCUT2D eigenvalue weighted by atomic mass is 31.1. The maximum Gasteiger partial charge on any atom is 0.459 e. The van der Waals surface area contributed by atoms with E-state index in [4.69, 9.17) is 0 Å². The predicted octanol–water partition coefficient (Wildman–Crippen LogP) is 5.18. The van der Waals surface area contributed by atoms with Crippen molar-refractivity contribution in [3.05, 3.63) is 0 Å². The third kappa shape index (κ3) is 3.55. The summed E-state index contributed by atoms with van der Waals surface area (Å²) >= 11 is 0. The summed E-state index contributed by atoms with van der Waals surface area (Å²) in [5, 5.41) is 0.